The van der Waals surface area contributed by atoms with E-state index in [2.05, 4.69) is 0 Å². The average Bonchev–Trinajstić information content (AvgIpc) is 3.01. The monoisotopic (exact) mass is 438 g/mol. The summed E-state index contributed by atoms with van der Waals surface area (Å²) in [7, 11) is 0. The van der Waals surface area contributed by atoms with E-state index in [0.717, 1.165) is 41.2 Å². The van der Waals surface area contributed by atoms with Crippen LogP contribution in [0.5, 0.6) is 0 Å². The molecule has 0 radical (unpaired) electrons. The summed E-state index contributed by atoms with van der Waals surface area (Å²) in [6.45, 7) is 0.124. The van der Waals surface area contributed by atoms with Crippen LogP contribution in [0.25, 0.3) is 0 Å². The molecule has 7 heteroatoms. The molecule has 2 amide bonds. The fourth-order valence-corrected chi connectivity index (χ4v) is 5.21. The van der Waals surface area contributed by atoms with Crippen LogP contribution in [0, 0.1) is 0 Å². The maximum absolute atomic E-state index is 13.2. The van der Waals surface area contributed by atoms with E-state index >= 15 is 0 Å². The van der Waals surface area contributed by atoms with Crippen molar-refractivity contribution in [1.29, 1.82) is 0 Å². The van der Waals surface area contributed by atoms with Crippen LogP contribution in [0.2, 0.25) is 0 Å². The molecule has 1 atom stereocenters. The number of amides is 2. The molecular formula is C24H26N2O4S. The third kappa shape index (κ3) is 5.10. The van der Waals surface area contributed by atoms with E-state index in [9.17, 15) is 14.4 Å². The van der Waals surface area contributed by atoms with Gasteiger partial charge in [-0.3, -0.25) is 19.3 Å². The number of benzene rings is 2. The zero-order valence-electron chi connectivity index (χ0n) is 17.4. The molecule has 2 heterocycles. The van der Waals surface area contributed by atoms with Crippen LogP contribution >= 0.6 is 11.8 Å². The Morgan fingerprint density at radius 1 is 1.00 bits per heavy atom. The van der Waals surface area contributed by atoms with Crippen molar-refractivity contribution in [1.82, 2.24) is 4.90 Å². The van der Waals surface area contributed by atoms with Gasteiger partial charge in [-0.15, -0.1) is 11.8 Å². The van der Waals surface area contributed by atoms with Crippen LogP contribution in [-0.2, 0) is 19.1 Å². The van der Waals surface area contributed by atoms with E-state index < -0.39 is 5.97 Å². The second-order valence-corrected chi connectivity index (χ2v) is 8.82. The molecule has 0 saturated carbocycles. The number of likely N-dealkylation sites (tertiary alicyclic amines) is 1. The Balaban J connectivity index is 1.46. The largest absolute Gasteiger partial charge is 0.454 e. The molecule has 1 unspecified atom stereocenters. The first kappa shape index (κ1) is 21.4. The minimum atomic E-state index is -0.542. The lowest BCUT2D eigenvalue weighted by Gasteiger charge is -2.37. The van der Waals surface area contributed by atoms with Crippen molar-refractivity contribution < 1.29 is 19.1 Å². The number of carbonyl (C=O) groups is 3. The van der Waals surface area contributed by atoms with Crippen molar-refractivity contribution in [2.75, 3.05) is 30.3 Å². The third-order valence-corrected chi connectivity index (χ3v) is 6.77. The van der Waals surface area contributed by atoms with Crippen molar-refractivity contribution in [3.63, 3.8) is 0 Å². The number of ether oxygens (including phenoxy) is 1. The molecule has 6 nitrogen and oxygen atoms in total. The summed E-state index contributed by atoms with van der Waals surface area (Å²) in [6, 6.07) is 17.5. The van der Waals surface area contributed by atoms with Crippen molar-refractivity contribution in [3.8, 4) is 0 Å². The van der Waals surface area contributed by atoms with Crippen LogP contribution < -0.4 is 4.90 Å². The quantitative estimate of drug-likeness (QED) is 0.664. The number of anilines is 1. The molecule has 4 rings (SSSR count). The zero-order chi connectivity index (χ0) is 21.6. The molecule has 0 N–H and O–H groups in total. The van der Waals surface area contributed by atoms with Crippen molar-refractivity contribution in [3.05, 3.63) is 60.2 Å². The minimum absolute atomic E-state index is 0.0214. The second-order valence-electron chi connectivity index (χ2n) is 7.76. The Hall–Kier alpha value is -2.80. The summed E-state index contributed by atoms with van der Waals surface area (Å²) < 4.78 is 5.32. The number of nitrogens with zero attached hydrogens (tertiary/aromatic N) is 2. The van der Waals surface area contributed by atoms with E-state index in [0.29, 0.717) is 13.0 Å². The van der Waals surface area contributed by atoms with Gasteiger partial charge in [0.25, 0.3) is 5.91 Å². The minimum Gasteiger partial charge on any atom is -0.454 e. The molecule has 0 spiro atoms. The maximum Gasteiger partial charge on any atom is 0.326 e. The Morgan fingerprint density at radius 3 is 2.61 bits per heavy atom. The predicted molar refractivity (Wildman–Crippen MR) is 120 cm³/mol. The molecule has 0 bridgehead atoms. The van der Waals surface area contributed by atoms with Gasteiger partial charge in [-0.2, -0.15) is 0 Å². The molecule has 1 fully saturated rings. The van der Waals surface area contributed by atoms with E-state index in [1.165, 1.54) is 0 Å². The van der Waals surface area contributed by atoms with Gasteiger partial charge in [-0.05, 0) is 30.5 Å². The first-order valence-electron chi connectivity index (χ1n) is 10.7. The molecule has 162 valence electrons. The smallest absolute Gasteiger partial charge is 0.326 e. The molecule has 2 aliphatic heterocycles. The normalized spacial score (nSPS) is 18.8. The number of hydrogen-bond donors (Lipinski definition) is 0. The Labute approximate surface area is 186 Å². The molecular weight excluding hydrogens is 412 g/mol. The lowest BCUT2D eigenvalue weighted by atomic mass is 10.1. The number of esters is 1. The summed E-state index contributed by atoms with van der Waals surface area (Å²) in [5.41, 5.74) is 1.87. The molecule has 0 aliphatic carbocycles. The Bertz CT molecular complexity index is 950. The van der Waals surface area contributed by atoms with Gasteiger partial charge in [-0.25, -0.2) is 0 Å². The number of fused-ring (bicyclic) bond motifs is 1. The van der Waals surface area contributed by atoms with Gasteiger partial charge in [0, 0.05) is 23.6 Å². The van der Waals surface area contributed by atoms with Crippen LogP contribution in [0.3, 0.4) is 0 Å². The lowest BCUT2D eigenvalue weighted by molar-refractivity contribution is -0.151. The van der Waals surface area contributed by atoms with Gasteiger partial charge >= 0.3 is 5.97 Å². The summed E-state index contributed by atoms with van der Waals surface area (Å²) in [6.07, 6.45) is 3.20. The van der Waals surface area contributed by atoms with E-state index in [1.54, 1.807) is 21.6 Å². The van der Waals surface area contributed by atoms with Gasteiger partial charge in [0.05, 0.1) is 11.7 Å². The fourth-order valence-electron chi connectivity index (χ4n) is 4.04. The summed E-state index contributed by atoms with van der Waals surface area (Å²) in [4.78, 5) is 42.0. The van der Waals surface area contributed by atoms with Crippen molar-refractivity contribution >= 4 is 35.2 Å². The number of hydrogen-bond acceptors (Lipinski definition) is 5. The third-order valence-electron chi connectivity index (χ3n) is 5.63. The zero-order valence-corrected chi connectivity index (χ0v) is 18.2. The van der Waals surface area contributed by atoms with E-state index in [-0.39, 0.29) is 31.0 Å². The standard InChI is InChI=1S/C24H26N2O4S/c27-22-13-5-2-8-14-25(22)15-24(29)30-16-23(28)26-19-11-6-7-12-21(19)31-17-20(26)18-9-3-1-4-10-18/h1,3-4,6-7,9-12,20H,2,5,8,13-17H2. The van der Waals surface area contributed by atoms with Crippen LogP contribution in [-0.4, -0.2) is 48.1 Å². The predicted octanol–water partition coefficient (Wildman–Crippen LogP) is 3.81. The Morgan fingerprint density at radius 2 is 1.77 bits per heavy atom. The summed E-state index contributed by atoms with van der Waals surface area (Å²) in [5.74, 6) is -0.105. The molecule has 2 aliphatic rings. The van der Waals surface area contributed by atoms with Gasteiger partial charge in [0.15, 0.2) is 6.61 Å². The summed E-state index contributed by atoms with van der Waals surface area (Å²) in [5, 5.41) is 0. The van der Waals surface area contributed by atoms with Gasteiger partial charge in [-0.1, -0.05) is 48.9 Å². The Kier molecular flexibility index (Phi) is 6.92. The molecule has 2 aromatic rings. The highest BCUT2D eigenvalue weighted by Crippen LogP contribution is 2.43. The SMILES string of the molecule is O=C(CN1CCCCCC1=O)OCC(=O)N1c2ccccc2SCC1c1ccccc1. The highest BCUT2D eigenvalue weighted by atomic mass is 32.2. The highest BCUT2D eigenvalue weighted by molar-refractivity contribution is 7.99. The summed E-state index contributed by atoms with van der Waals surface area (Å²) >= 11 is 1.72. The number of carbonyl (C=O) groups excluding carboxylic acids is 3. The second kappa shape index (κ2) is 10.0. The van der Waals surface area contributed by atoms with E-state index in [1.807, 2.05) is 54.6 Å². The van der Waals surface area contributed by atoms with Crippen molar-refractivity contribution in [2.24, 2.45) is 0 Å². The van der Waals surface area contributed by atoms with Gasteiger partial charge < -0.3 is 9.64 Å². The maximum atomic E-state index is 13.2. The number of para-hydroxylation sites is 1. The van der Waals surface area contributed by atoms with Crippen LogP contribution in [0.15, 0.2) is 59.5 Å². The number of thioether (sulfide) groups is 1. The van der Waals surface area contributed by atoms with Crippen LogP contribution in [0.1, 0.15) is 37.3 Å². The highest BCUT2D eigenvalue weighted by Gasteiger charge is 2.33. The van der Waals surface area contributed by atoms with Crippen LogP contribution in [0.4, 0.5) is 5.69 Å². The first-order valence-corrected chi connectivity index (χ1v) is 11.6. The molecule has 0 aromatic heterocycles. The lowest BCUT2D eigenvalue weighted by Crippen LogP contribution is -2.42. The topological polar surface area (TPSA) is 66.9 Å². The van der Waals surface area contributed by atoms with E-state index in [4.69, 9.17) is 4.74 Å². The van der Waals surface area contributed by atoms with Crippen molar-refractivity contribution in [2.45, 2.75) is 36.6 Å². The van der Waals surface area contributed by atoms with Gasteiger partial charge in [0.2, 0.25) is 5.91 Å². The molecule has 2 aromatic carbocycles. The average molecular weight is 439 g/mol. The fraction of sp³-hybridized carbons (Fsp3) is 0.375. The molecule has 1 saturated heterocycles. The first-order chi connectivity index (χ1) is 15.1. The van der Waals surface area contributed by atoms with Gasteiger partial charge in [0.1, 0.15) is 6.54 Å². The molecule has 31 heavy (non-hydrogen) atoms. The number of rotatable bonds is 5.